The van der Waals surface area contributed by atoms with Crippen LogP contribution < -0.4 is 4.90 Å². The van der Waals surface area contributed by atoms with Crippen molar-refractivity contribution in [1.82, 2.24) is 4.98 Å². The minimum Gasteiger partial charge on any atom is -0.481 e. The summed E-state index contributed by atoms with van der Waals surface area (Å²) in [6, 6.07) is 4.13. The molecular weight excluding hydrogens is 244 g/mol. The Balaban J connectivity index is 1.81. The van der Waals surface area contributed by atoms with E-state index >= 15 is 0 Å². The van der Waals surface area contributed by atoms with E-state index in [-0.39, 0.29) is 12.0 Å². The van der Waals surface area contributed by atoms with Crippen molar-refractivity contribution in [3.8, 4) is 0 Å². The van der Waals surface area contributed by atoms with Crippen molar-refractivity contribution in [2.45, 2.75) is 31.3 Å². The number of furan rings is 1. The third-order valence-corrected chi connectivity index (χ3v) is 4.46. The summed E-state index contributed by atoms with van der Waals surface area (Å²) in [5.41, 5.74) is 0.808. The summed E-state index contributed by atoms with van der Waals surface area (Å²) in [7, 11) is 0. The van der Waals surface area contributed by atoms with E-state index in [4.69, 9.17) is 4.42 Å². The van der Waals surface area contributed by atoms with Gasteiger partial charge in [0.2, 0.25) is 0 Å². The number of fused-ring (bicyclic) bond motifs is 3. The highest BCUT2D eigenvalue weighted by atomic mass is 16.4. The summed E-state index contributed by atoms with van der Waals surface area (Å²) >= 11 is 0. The fourth-order valence-electron chi connectivity index (χ4n) is 3.67. The lowest BCUT2D eigenvalue weighted by atomic mass is 9.89. The fourth-order valence-corrected chi connectivity index (χ4v) is 3.67. The van der Waals surface area contributed by atoms with Gasteiger partial charge in [0.25, 0.3) is 0 Å². The van der Waals surface area contributed by atoms with Crippen LogP contribution in [0.5, 0.6) is 0 Å². The van der Waals surface area contributed by atoms with Gasteiger partial charge in [-0.2, -0.15) is 0 Å². The maximum atomic E-state index is 11.3. The summed E-state index contributed by atoms with van der Waals surface area (Å²) in [5.74, 6) is -0.0678. The van der Waals surface area contributed by atoms with Crippen molar-refractivity contribution in [2.24, 2.45) is 5.92 Å². The van der Waals surface area contributed by atoms with E-state index < -0.39 is 5.97 Å². The van der Waals surface area contributed by atoms with E-state index in [1.807, 2.05) is 12.1 Å². The van der Waals surface area contributed by atoms with Crippen LogP contribution in [0, 0.1) is 5.92 Å². The van der Waals surface area contributed by atoms with Crippen LogP contribution in [0.15, 0.2) is 29.0 Å². The first-order chi connectivity index (χ1) is 9.25. The molecule has 4 heterocycles. The van der Waals surface area contributed by atoms with Crippen LogP contribution in [-0.4, -0.2) is 28.1 Å². The number of hydrogen-bond donors (Lipinski definition) is 1. The highest BCUT2D eigenvalue weighted by Gasteiger charge is 2.50. The smallest absolute Gasteiger partial charge is 0.308 e. The molecule has 98 valence electrons. The Bertz CT molecular complexity index is 651. The number of pyridine rings is 1. The molecule has 19 heavy (non-hydrogen) atoms. The Kier molecular flexibility index (Phi) is 2.13. The van der Waals surface area contributed by atoms with Crippen LogP contribution in [0.1, 0.15) is 19.3 Å². The molecule has 0 saturated carbocycles. The van der Waals surface area contributed by atoms with E-state index in [9.17, 15) is 9.90 Å². The summed E-state index contributed by atoms with van der Waals surface area (Å²) in [4.78, 5) is 18.0. The number of nitrogens with zero attached hydrogens (tertiary/aromatic N) is 2. The molecule has 3 unspecified atom stereocenters. The van der Waals surface area contributed by atoms with Gasteiger partial charge < -0.3 is 14.4 Å². The molecule has 2 saturated heterocycles. The molecule has 5 nitrogen and oxygen atoms in total. The van der Waals surface area contributed by atoms with Crippen LogP contribution in [0.3, 0.4) is 0 Å². The minimum atomic E-state index is -0.684. The van der Waals surface area contributed by atoms with E-state index in [0.29, 0.717) is 6.04 Å². The monoisotopic (exact) mass is 258 g/mol. The van der Waals surface area contributed by atoms with Crippen molar-refractivity contribution >= 4 is 22.8 Å². The van der Waals surface area contributed by atoms with E-state index in [0.717, 1.165) is 36.0 Å². The fraction of sp³-hybridized carbons (Fsp3) is 0.429. The summed E-state index contributed by atoms with van der Waals surface area (Å²) in [6.45, 7) is 0. The molecule has 0 radical (unpaired) electrons. The third kappa shape index (κ3) is 1.41. The molecule has 2 fully saturated rings. The molecule has 1 N–H and O–H groups in total. The Morgan fingerprint density at radius 2 is 2.32 bits per heavy atom. The van der Waals surface area contributed by atoms with Crippen LogP contribution in [0.25, 0.3) is 11.0 Å². The summed E-state index contributed by atoms with van der Waals surface area (Å²) in [6.07, 6.45) is 6.12. The SMILES string of the molecule is O=C(O)C1CC2CCC1N2c1nccc2occc12. The largest absolute Gasteiger partial charge is 0.481 e. The first kappa shape index (κ1) is 10.8. The van der Waals surface area contributed by atoms with E-state index in [1.54, 1.807) is 12.5 Å². The molecule has 0 amide bonds. The number of anilines is 1. The zero-order valence-electron chi connectivity index (χ0n) is 10.3. The maximum absolute atomic E-state index is 11.3. The molecular formula is C14H14N2O3. The molecule has 0 aromatic carbocycles. The molecule has 5 heteroatoms. The molecule has 2 aromatic rings. The molecule has 2 bridgehead atoms. The number of carboxylic acids is 1. The molecule has 3 atom stereocenters. The van der Waals surface area contributed by atoms with Gasteiger partial charge in [0.05, 0.1) is 17.6 Å². The standard InChI is InChI=1S/C14H14N2O3/c17-14(18)10-7-8-1-2-11(10)16(8)13-9-4-6-19-12(9)3-5-15-13/h3-6,8,10-11H,1-2,7H2,(H,17,18). The van der Waals surface area contributed by atoms with E-state index in [1.165, 1.54) is 0 Å². The zero-order valence-corrected chi connectivity index (χ0v) is 10.3. The number of hydrogen-bond acceptors (Lipinski definition) is 4. The average molecular weight is 258 g/mol. The molecule has 0 spiro atoms. The Hall–Kier alpha value is -2.04. The lowest BCUT2D eigenvalue weighted by molar-refractivity contribution is -0.142. The Morgan fingerprint density at radius 1 is 1.42 bits per heavy atom. The number of carboxylic acid groups (broad SMARTS) is 1. The van der Waals surface area contributed by atoms with Crippen molar-refractivity contribution in [1.29, 1.82) is 0 Å². The quantitative estimate of drug-likeness (QED) is 0.895. The van der Waals surface area contributed by atoms with Gasteiger partial charge in [0, 0.05) is 18.3 Å². The highest BCUT2D eigenvalue weighted by Crippen LogP contribution is 2.45. The van der Waals surface area contributed by atoms with Crippen molar-refractivity contribution in [3.63, 3.8) is 0 Å². The molecule has 2 aromatic heterocycles. The van der Waals surface area contributed by atoms with Crippen LogP contribution in [-0.2, 0) is 4.79 Å². The van der Waals surface area contributed by atoms with Gasteiger partial charge >= 0.3 is 5.97 Å². The van der Waals surface area contributed by atoms with Gasteiger partial charge in [-0.3, -0.25) is 4.79 Å². The van der Waals surface area contributed by atoms with Crippen LogP contribution in [0.4, 0.5) is 5.82 Å². The van der Waals surface area contributed by atoms with Crippen molar-refractivity contribution in [2.75, 3.05) is 4.90 Å². The Morgan fingerprint density at radius 3 is 3.11 bits per heavy atom. The normalized spacial score (nSPS) is 29.3. The number of aliphatic carboxylic acids is 1. The number of rotatable bonds is 2. The second-order valence-corrected chi connectivity index (χ2v) is 5.35. The van der Waals surface area contributed by atoms with Gasteiger partial charge in [0.1, 0.15) is 11.4 Å². The van der Waals surface area contributed by atoms with Gasteiger partial charge in [0.15, 0.2) is 0 Å². The molecule has 0 aliphatic carbocycles. The predicted octanol–water partition coefficient (Wildman–Crippen LogP) is 2.27. The topological polar surface area (TPSA) is 66.6 Å². The minimum absolute atomic E-state index is 0.0792. The lowest BCUT2D eigenvalue weighted by Gasteiger charge is -2.24. The van der Waals surface area contributed by atoms with Gasteiger partial charge in [-0.15, -0.1) is 0 Å². The van der Waals surface area contributed by atoms with Gasteiger partial charge in [-0.05, 0) is 31.4 Å². The molecule has 4 rings (SSSR count). The van der Waals surface area contributed by atoms with E-state index in [2.05, 4.69) is 9.88 Å². The number of aromatic nitrogens is 1. The van der Waals surface area contributed by atoms with Gasteiger partial charge in [-0.1, -0.05) is 0 Å². The Labute approximate surface area is 109 Å². The average Bonchev–Trinajstić information content (AvgIpc) is 3.11. The highest BCUT2D eigenvalue weighted by molar-refractivity contribution is 5.89. The second-order valence-electron chi connectivity index (χ2n) is 5.35. The molecule has 2 aliphatic rings. The van der Waals surface area contributed by atoms with Crippen molar-refractivity contribution < 1.29 is 14.3 Å². The first-order valence-corrected chi connectivity index (χ1v) is 6.59. The first-order valence-electron chi connectivity index (χ1n) is 6.59. The van der Waals surface area contributed by atoms with Gasteiger partial charge in [-0.25, -0.2) is 4.98 Å². The number of carbonyl (C=O) groups is 1. The molecule has 2 aliphatic heterocycles. The second kappa shape index (κ2) is 3.73. The summed E-state index contributed by atoms with van der Waals surface area (Å²) in [5, 5.41) is 10.3. The predicted molar refractivity (Wildman–Crippen MR) is 69.0 cm³/mol. The maximum Gasteiger partial charge on any atom is 0.308 e. The van der Waals surface area contributed by atoms with Crippen LogP contribution >= 0.6 is 0 Å². The van der Waals surface area contributed by atoms with Crippen LogP contribution in [0.2, 0.25) is 0 Å². The van der Waals surface area contributed by atoms with Crippen molar-refractivity contribution in [3.05, 3.63) is 24.6 Å². The third-order valence-electron chi connectivity index (χ3n) is 4.46. The zero-order chi connectivity index (χ0) is 13.0. The lowest BCUT2D eigenvalue weighted by Crippen LogP contribution is -2.33. The summed E-state index contributed by atoms with van der Waals surface area (Å²) < 4.78 is 5.40.